The summed E-state index contributed by atoms with van der Waals surface area (Å²) in [6.45, 7) is -3.03. The van der Waals surface area contributed by atoms with Gasteiger partial charge in [0.25, 0.3) is 0 Å². The third-order valence-corrected chi connectivity index (χ3v) is 3.62. The van der Waals surface area contributed by atoms with E-state index in [1.54, 1.807) is 6.07 Å². The molecule has 1 atom stereocenters. The molecule has 0 spiro atoms. The average molecular weight is 396 g/mol. The molecular weight excluding hydrogens is 380 g/mol. The number of ether oxygens (including phenoxy) is 1. The van der Waals surface area contributed by atoms with Crippen LogP contribution >= 0.6 is 0 Å². The lowest BCUT2D eigenvalue weighted by Crippen LogP contribution is -2.38. The van der Waals surface area contributed by atoms with Gasteiger partial charge in [-0.15, -0.1) is 0 Å². The van der Waals surface area contributed by atoms with E-state index in [9.17, 15) is 27.2 Å². The van der Waals surface area contributed by atoms with E-state index >= 15 is 0 Å². The lowest BCUT2D eigenvalue weighted by atomic mass is 10.1. The van der Waals surface area contributed by atoms with Gasteiger partial charge in [-0.05, 0) is 29.8 Å². The summed E-state index contributed by atoms with van der Waals surface area (Å²) < 4.78 is 55.8. The lowest BCUT2D eigenvalue weighted by Gasteiger charge is -2.17. The van der Waals surface area contributed by atoms with Crippen molar-refractivity contribution in [3.05, 3.63) is 71.3 Å². The number of amides is 2. The Morgan fingerprint density at radius 2 is 1.79 bits per heavy atom. The van der Waals surface area contributed by atoms with Gasteiger partial charge in [-0.3, -0.25) is 9.59 Å². The molecule has 2 amide bonds. The number of hydrogen-bond acceptors (Lipinski definition) is 3. The SMILES string of the molecule is CNC(=O)C(NC(=O)C=Cc1ccccc1OC(F)F)c1ccc(F)c(F)c1. The predicted octanol–water partition coefficient (Wildman–Crippen LogP) is 3.18. The van der Waals surface area contributed by atoms with Crippen LogP contribution in [0.15, 0.2) is 48.5 Å². The van der Waals surface area contributed by atoms with E-state index in [4.69, 9.17) is 0 Å². The summed E-state index contributed by atoms with van der Waals surface area (Å²) in [5.41, 5.74) is 0.240. The minimum Gasteiger partial charge on any atom is -0.434 e. The minimum atomic E-state index is -3.03. The van der Waals surface area contributed by atoms with Crippen molar-refractivity contribution in [2.24, 2.45) is 0 Å². The third-order valence-electron chi connectivity index (χ3n) is 3.62. The van der Waals surface area contributed by atoms with Crippen molar-refractivity contribution in [1.82, 2.24) is 10.6 Å². The molecule has 0 bridgehead atoms. The van der Waals surface area contributed by atoms with Crippen LogP contribution in [-0.2, 0) is 9.59 Å². The second kappa shape index (κ2) is 9.54. The zero-order valence-electron chi connectivity index (χ0n) is 14.6. The van der Waals surface area contributed by atoms with Crippen LogP contribution in [0.25, 0.3) is 6.08 Å². The number of carbonyl (C=O) groups is 2. The van der Waals surface area contributed by atoms with Gasteiger partial charge in [0.2, 0.25) is 11.8 Å². The molecule has 2 aromatic carbocycles. The van der Waals surface area contributed by atoms with E-state index < -0.39 is 36.1 Å². The van der Waals surface area contributed by atoms with E-state index in [1.165, 1.54) is 31.3 Å². The topological polar surface area (TPSA) is 67.4 Å². The molecule has 0 aliphatic heterocycles. The Kier molecular flexibility index (Phi) is 7.14. The van der Waals surface area contributed by atoms with E-state index in [0.717, 1.165) is 24.3 Å². The first kappa shape index (κ1) is 20.9. The highest BCUT2D eigenvalue weighted by Gasteiger charge is 2.22. The van der Waals surface area contributed by atoms with Crippen LogP contribution in [0.1, 0.15) is 17.2 Å². The second-order valence-corrected chi connectivity index (χ2v) is 5.48. The van der Waals surface area contributed by atoms with Crippen molar-refractivity contribution in [2.75, 3.05) is 7.05 Å². The fourth-order valence-electron chi connectivity index (χ4n) is 2.31. The summed E-state index contributed by atoms with van der Waals surface area (Å²) in [5, 5.41) is 4.66. The lowest BCUT2D eigenvalue weighted by molar-refractivity contribution is -0.126. The predicted molar refractivity (Wildman–Crippen MR) is 93.4 cm³/mol. The van der Waals surface area contributed by atoms with Crippen molar-refractivity contribution in [3.63, 3.8) is 0 Å². The molecule has 5 nitrogen and oxygen atoms in total. The molecule has 1 unspecified atom stereocenters. The molecule has 2 N–H and O–H groups in total. The van der Waals surface area contributed by atoms with E-state index in [0.29, 0.717) is 0 Å². The number of rotatable bonds is 7. The molecule has 9 heteroatoms. The molecule has 2 rings (SSSR count). The van der Waals surface area contributed by atoms with Crippen molar-refractivity contribution in [2.45, 2.75) is 12.7 Å². The molecule has 148 valence electrons. The first-order valence-corrected chi connectivity index (χ1v) is 8.00. The van der Waals surface area contributed by atoms with Gasteiger partial charge in [0.15, 0.2) is 11.6 Å². The number of carbonyl (C=O) groups excluding carboxylic acids is 2. The average Bonchev–Trinajstić information content (AvgIpc) is 2.66. The van der Waals surface area contributed by atoms with E-state index in [-0.39, 0.29) is 16.9 Å². The van der Waals surface area contributed by atoms with Gasteiger partial charge in [-0.25, -0.2) is 8.78 Å². The monoisotopic (exact) mass is 396 g/mol. The zero-order chi connectivity index (χ0) is 20.7. The smallest absolute Gasteiger partial charge is 0.387 e. The van der Waals surface area contributed by atoms with Gasteiger partial charge in [0, 0.05) is 18.7 Å². The number of nitrogens with one attached hydrogen (secondary N) is 2. The maximum absolute atomic E-state index is 13.5. The Hall–Kier alpha value is -3.36. The van der Waals surface area contributed by atoms with E-state index in [1.807, 2.05) is 0 Å². The Morgan fingerprint density at radius 3 is 2.43 bits per heavy atom. The standard InChI is InChI=1S/C19H16F4N2O3/c1-24-18(27)17(12-6-8-13(20)14(21)10-12)25-16(26)9-7-11-4-2-3-5-15(11)28-19(22)23/h2-10,17,19H,1H3,(H,24,27)(H,25,26). The highest BCUT2D eigenvalue weighted by molar-refractivity contribution is 5.96. The Morgan fingerprint density at radius 1 is 1.07 bits per heavy atom. The van der Waals surface area contributed by atoms with Gasteiger partial charge in [0.05, 0.1) is 0 Å². The molecule has 0 fully saturated rings. The summed E-state index contributed by atoms with van der Waals surface area (Å²) in [6, 6.07) is 7.31. The Balaban J connectivity index is 2.19. The molecule has 0 saturated carbocycles. The zero-order valence-corrected chi connectivity index (χ0v) is 14.6. The molecule has 0 radical (unpaired) electrons. The molecule has 2 aromatic rings. The first-order chi connectivity index (χ1) is 13.3. The molecule has 0 aliphatic carbocycles. The van der Waals surface area contributed by atoms with Crippen LogP contribution < -0.4 is 15.4 Å². The van der Waals surface area contributed by atoms with Crippen LogP contribution in [-0.4, -0.2) is 25.5 Å². The highest BCUT2D eigenvalue weighted by atomic mass is 19.3. The van der Waals surface area contributed by atoms with Gasteiger partial charge in [-0.1, -0.05) is 24.3 Å². The van der Waals surface area contributed by atoms with Gasteiger partial charge >= 0.3 is 6.61 Å². The number of halogens is 4. The Labute approximate surface area is 158 Å². The van der Waals surface area contributed by atoms with Gasteiger partial charge in [-0.2, -0.15) is 8.78 Å². The fraction of sp³-hybridized carbons (Fsp3) is 0.158. The summed E-state index contributed by atoms with van der Waals surface area (Å²) in [5.74, 6) is -3.82. The van der Waals surface area contributed by atoms with Crippen molar-refractivity contribution >= 4 is 17.9 Å². The number of para-hydroxylation sites is 1. The van der Waals surface area contributed by atoms with Crippen LogP contribution in [0.3, 0.4) is 0 Å². The largest absolute Gasteiger partial charge is 0.434 e. The van der Waals surface area contributed by atoms with Crippen LogP contribution in [0, 0.1) is 11.6 Å². The maximum atomic E-state index is 13.5. The van der Waals surface area contributed by atoms with E-state index in [2.05, 4.69) is 15.4 Å². The summed E-state index contributed by atoms with van der Waals surface area (Å²) >= 11 is 0. The normalized spacial score (nSPS) is 12.1. The van der Waals surface area contributed by atoms with Crippen molar-refractivity contribution in [3.8, 4) is 5.75 Å². The van der Waals surface area contributed by atoms with Gasteiger partial charge in [0.1, 0.15) is 11.8 Å². The summed E-state index contributed by atoms with van der Waals surface area (Å²) in [7, 11) is 1.31. The molecule has 0 aromatic heterocycles. The van der Waals surface area contributed by atoms with Crippen LogP contribution in [0.5, 0.6) is 5.75 Å². The molecule has 0 heterocycles. The number of hydrogen-bond donors (Lipinski definition) is 2. The van der Waals surface area contributed by atoms with Crippen LogP contribution in [0.4, 0.5) is 17.6 Å². The maximum Gasteiger partial charge on any atom is 0.387 e. The first-order valence-electron chi connectivity index (χ1n) is 8.00. The molecule has 0 aliphatic rings. The third kappa shape index (κ3) is 5.57. The highest BCUT2D eigenvalue weighted by Crippen LogP contribution is 2.22. The van der Waals surface area contributed by atoms with Crippen molar-refractivity contribution in [1.29, 1.82) is 0 Å². The summed E-state index contributed by atoms with van der Waals surface area (Å²) in [6.07, 6.45) is 2.22. The summed E-state index contributed by atoms with van der Waals surface area (Å²) in [4.78, 5) is 24.2. The van der Waals surface area contributed by atoms with Crippen molar-refractivity contribution < 1.29 is 31.9 Å². The number of likely N-dealkylation sites (N-methyl/N-ethyl adjacent to an activating group) is 1. The number of benzene rings is 2. The minimum absolute atomic E-state index is 0.0291. The molecule has 0 saturated heterocycles. The quantitative estimate of drug-likeness (QED) is 0.558. The fourth-order valence-corrected chi connectivity index (χ4v) is 2.31. The number of alkyl halides is 2. The second-order valence-electron chi connectivity index (χ2n) is 5.48. The molecule has 28 heavy (non-hydrogen) atoms. The van der Waals surface area contributed by atoms with Gasteiger partial charge < -0.3 is 15.4 Å². The Bertz CT molecular complexity index is 887. The van der Waals surface area contributed by atoms with Crippen LogP contribution in [0.2, 0.25) is 0 Å². The molecular formula is C19H16F4N2O3.